The van der Waals surface area contributed by atoms with Crippen LogP contribution in [0.15, 0.2) is 34.9 Å². The number of hydrogen-bond donors (Lipinski definition) is 1. The van der Waals surface area contributed by atoms with Gasteiger partial charge in [-0.05, 0) is 49.2 Å². The summed E-state index contributed by atoms with van der Waals surface area (Å²) >= 11 is 0. The van der Waals surface area contributed by atoms with Gasteiger partial charge in [-0.2, -0.15) is 0 Å². The van der Waals surface area contributed by atoms with Crippen LogP contribution in [0.2, 0.25) is 0 Å². The minimum atomic E-state index is -0.698. The largest absolute Gasteiger partial charge is 0.356 e. The van der Waals surface area contributed by atoms with Crippen LogP contribution in [0.1, 0.15) is 16.8 Å². The van der Waals surface area contributed by atoms with Crippen molar-refractivity contribution >= 4 is 22.6 Å². The van der Waals surface area contributed by atoms with E-state index in [1.165, 1.54) is 0 Å². The van der Waals surface area contributed by atoms with Crippen LogP contribution in [0, 0.1) is 25.5 Å². The van der Waals surface area contributed by atoms with Crippen molar-refractivity contribution in [1.82, 2.24) is 5.16 Å². The van der Waals surface area contributed by atoms with Gasteiger partial charge in [0.2, 0.25) is 5.91 Å². The maximum Gasteiger partial charge on any atom is 0.230 e. The number of amides is 1. The molecule has 0 saturated carbocycles. The summed E-state index contributed by atoms with van der Waals surface area (Å²) in [6.45, 7) is 3.91. The molecule has 0 fully saturated rings. The smallest absolute Gasteiger partial charge is 0.230 e. The number of aromatic nitrogens is 1. The standard InChI is InChI=1S/C17H14F2N2O2/c1-9-5-12-14(21-23-16(12)6-10(9)2)8-17(22)20-15-7-11(18)3-4-13(15)19/h3-7H,8H2,1-2H3,(H,20,22). The Bertz CT molecular complexity index is 903. The number of halogens is 2. The molecule has 1 amide bonds. The first-order valence-corrected chi connectivity index (χ1v) is 7.04. The van der Waals surface area contributed by atoms with Gasteiger partial charge >= 0.3 is 0 Å². The number of benzene rings is 2. The van der Waals surface area contributed by atoms with E-state index in [-0.39, 0.29) is 12.1 Å². The van der Waals surface area contributed by atoms with Gasteiger partial charge in [0.1, 0.15) is 17.3 Å². The zero-order chi connectivity index (χ0) is 16.6. The van der Waals surface area contributed by atoms with Gasteiger partial charge < -0.3 is 9.84 Å². The Morgan fingerprint density at radius 3 is 2.70 bits per heavy atom. The minimum Gasteiger partial charge on any atom is -0.356 e. The quantitative estimate of drug-likeness (QED) is 0.797. The average molecular weight is 316 g/mol. The first-order valence-electron chi connectivity index (χ1n) is 7.04. The van der Waals surface area contributed by atoms with Crippen molar-refractivity contribution in [3.63, 3.8) is 0 Å². The molecule has 0 saturated heterocycles. The molecule has 0 unspecified atom stereocenters. The highest BCUT2D eigenvalue weighted by Gasteiger charge is 2.15. The van der Waals surface area contributed by atoms with Crippen LogP contribution >= 0.6 is 0 Å². The Hall–Kier alpha value is -2.76. The van der Waals surface area contributed by atoms with Crippen molar-refractivity contribution in [1.29, 1.82) is 0 Å². The maximum atomic E-state index is 13.5. The lowest BCUT2D eigenvalue weighted by Crippen LogP contribution is -2.15. The lowest BCUT2D eigenvalue weighted by Gasteiger charge is -2.05. The van der Waals surface area contributed by atoms with E-state index in [1.807, 2.05) is 26.0 Å². The van der Waals surface area contributed by atoms with E-state index in [4.69, 9.17) is 4.52 Å². The minimum absolute atomic E-state index is 0.0918. The van der Waals surface area contributed by atoms with Crippen LogP contribution in [-0.2, 0) is 11.2 Å². The molecule has 0 atom stereocenters. The Morgan fingerprint density at radius 2 is 1.91 bits per heavy atom. The van der Waals surface area contributed by atoms with E-state index in [0.717, 1.165) is 34.7 Å². The number of aryl methyl sites for hydroxylation is 2. The second kappa shape index (κ2) is 5.79. The fourth-order valence-electron chi connectivity index (χ4n) is 2.31. The Labute approximate surface area is 131 Å². The molecule has 0 aliphatic carbocycles. The van der Waals surface area contributed by atoms with Gasteiger partial charge in [-0.1, -0.05) is 5.16 Å². The molecule has 1 heterocycles. The van der Waals surface area contributed by atoms with E-state index < -0.39 is 17.5 Å². The number of rotatable bonds is 3. The molecule has 0 bridgehead atoms. The van der Waals surface area contributed by atoms with Crippen molar-refractivity contribution in [3.05, 3.63) is 58.8 Å². The van der Waals surface area contributed by atoms with Crippen LogP contribution in [-0.4, -0.2) is 11.1 Å². The first-order chi connectivity index (χ1) is 10.9. The van der Waals surface area contributed by atoms with Crippen molar-refractivity contribution < 1.29 is 18.1 Å². The number of hydrogen-bond acceptors (Lipinski definition) is 3. The second-order valence-electron chi connectivity index (χ2n) is 5.41. The number of nitrogens with zero attached hydrogens (tertiary/aromatic N) is 1. The van der Waals surface area contributed by atoms with E-state index in [1.54, 1.807) is 0 Å². The normalized spacial score (nSPS) is 11.0. The molecular weight excluding hydrogens is 302 g/mol. The van der Waals surface area contributed by atoms with E-state index in [0.29, 0.717) is 11.3 Å². The fourth-order valence-corrected chi connectivity index (χ4v) is 2.31. The molecule has 23 heavy (non-hydrogen) atoms. The van der Waals surface area contributed by atoms with Gasteiger partial charge in [-0.15, -0.1) is 0 Å². The van der Waals surface area contributed by atoms with E-state index in [9.17, 15) is 13.6 Å². The second-order valence-corrected chi connectivity index (χ2v) is 5.41. The Kier molecular flexibility index (Phi) is 3.82. The third-order valence-corrected chi connectivity index (χ3v) is 3.69. The number of anilines is 1. The summed E-state index contributed by atoms with van der Waals surface area (Å²) in [5.74, 6) is -1.82. The molecule has 1 aromatic heterocycles. The highest BCUT2D eigenvalue weighted by atomic mass is 19.1. The summed E-state index contributed by atoms with van der Waals surface area (Å²) in [6.07, 6.45) is -0.0918. The third kappa shape index (κ3) is 3.06. The predicted molar refractivity (Wildman–Crippen MR) is 82.2 cm³/mol. The van der Waals surface area contributed by atoms with Crippen molar-refractivity contribution in [3.8, 4) is 0 Å². The highest BCUT2D eigenvalue weighted by Crippen LogP contribution is 2.23. The van der Waals surface area contributed by atoms with Crippen LogP contribution in [0.25, 0.3) is 11.0 Å². The predicted octanol–water partition coefficient (Wildman–Crippen LogP) is 3.90. The van der Waals surface area contributed by atoms with Gasteiger partial charge in [0.25, 0.3) is 0 Å². The SMILES string of the molecule is Cc1cc2onc(CC(=O)Nc3cc(F)ccc3F)c2cc1C. The molecule has 3 rings (SSSR count). The molecule has 0 spiro atoms. The van der Waals surface area contributed by atoms with Gasteiger partial charge in [0.05, 0.1) is 12.1 Å². The summed E-state index contributed by atoms with van der Waals surface area (Å²) in [7, 11) is 0. The average Bonchev–Trinajstić information content (AvgIpc) is 2.85. The molecular formula is C17H14F2N2O2. The molecule has 6 heteroatoms. The zero-order valence-corrected chi connectivity index (χ0v) is 12.6. The molecule has 3 aromatic rings. The lowest BCUT2D eigenvalue weighted by molar-refractivity contribution is -0.115. The topological polar surface area (TPSA) is 55.1 Å². The van der Waals surface area contributed by atoms with Crippen molar-refractivity contribution in [2.24, 2.45) is 0 Å². The summed E-state index contributed by atoms with van der Waals surface area (Å²) in [5.41, 5.74) is 2.96. The molecule has 0 radical (unpaired) electrons. The lowest BCUT2D eigenvalue weighted by atomic mass is 10.1. The summed E-state index contributed by atoms with van der Waals surface area (Å²) in [6, 6.07) is 6.63. The molecule has 4 nitrogen and oxygen atoms in total. The number of fused-ring (bicyclic) bond motifs is 1. The van der Waals surface area contributed by atoms with Crippen LogP contribution in [0.5, 0.6) is 0 Å². The Balaban J connectivity index is 1.83. The monoisotopic (exact) mass is 316 g/mol. The number of carbonyl (C=O) groups is 1. The first kappa shape index (κ1) is 15.1. The maximum absolute atomic E-state index is 13.5. The number of nitrogens with one attached hydrogen (secondary N) is 1. The van der Waals surface area contributed by atoms with E-state index >= 15 is 0 Å². The van der Waals surface area contributed by atoms with Gasteiger partial charge in [-0.3, -0.25) is 4.79 Å². The van der Waals surface area contributed by atoms with Gasteiger partial charge in [-0.25, -0.2) is 8.78 Å². The van der Waals surface area contributed by atoms with E-state index in [2.05, 4.69) is 10.5 Å². The molecule has 0 aliphatic heterocycles. The Morgan fingerprint density at radius 1 is 1.17 bits per heavy atom. The van der Waals surface area contributed by atoms with Gasteiger partial charge in [0.15, 0.2) is 5.58 Å². The molecule has 118 valence electrons. The third-order valence-electron chi connectivity index (χ3n) is 3.69. The van der Waals surface area contributed by atoms with Crippen LogP contribution in [0.4, 0.5) is 14.5 Å². The van der Waals surface area contributed by atoms with Crippen molar-refractivity contribution in [2.75, 3.05) is 5.32 Å². The number of carbonyl (C=O) groups excluding carboxylic acids is 1. The molecule has 0 aliphatic rings. The zero-order valence-electron chi connectivity index (χ0n) is 12.6. The highest BCUT2D eigenvalue weighted by molar-refractivity contribution is 5.95. The molecule has 2 aromatic carbocycles. The molecule has 1 N–H and O–H groups in total. The van der Waals surface area contributed by atoms with Crippen LogP contribution in [0.3, 0.4) is 0 Å². The summed E-state index contributed by atoms with van der Waals surface area (Å²) in [5, 5.41) is 6.98. The van der Waals surface area contributed by atoms with Crippen LogP contribution < -0.4 is 5.32 Å². The fraction of sp³-hybridized carbons (Fsp3) is 0.176. The summed E-state index contributed by atoms with van der Waals surface area (Å²) < 4.78 is 31.9. The van der Waals surface area contributed by atoms with Gasteiger partial charge in [0, 0.05) is 11.5 Å². The van der Waals surface area contributed by atoms with Crippen molar-refractivity contribution in [2.45, 2.75) is 20.3 Å². The summed E-state index contributed by atoms with van der Waals surface area (Å²) in [4.78, 5) is 12.1.